The molecule has 0 aliphatic carbocycles. The van der Waals surface area contributed by atoms with E-state index in [-0.39, 0.29) is 24.0 Å². The molecule has 1 aromatic heterocycles. The number of rotatable bonds is 11. The summed E-state index contributed by atoms with van der Waals surface area (Å²) in [7, 11) is 1.67. The zero-order valence-electron chi connectivity index (χ0n) is 17.9. The van der Waals surface area contributed by atoms with Crippen LogP contribution < -0.4 is 15.4 Å². The first-order chi connectivity index (χ1) is 14.3. The Morgan fingerprint density at radius 3 is 2.73 bits per heavy atom. The fraction of sp³-hybridized carbons (Fsp3) is 0.571. The van der Waals surface area contributed by atoms with Gasteiger partial charge in [-0.3, -0.25) is 0 Å². The normalized spacial score (nSPS) is 12.9. The van der Waals surface area contributed by atoms with E-state index in [1.165, 1.54) is 6.42 Å². The van der Waals surface area contributed by atoms with Crippen LogP contribution in [0, 0.1) is 0 Å². The minimum absolute atomic E-state index is 0. The molecule has 2 aromatic rings. The Kier molecular flexibility index (Phi) is 10.9. The van der Waals surface area contributed by atoms with Crippen molar-refractivity contribution in [3.8, 4) is 5.75 Å². The molecule has 166 valence electrons. The zero-order chi connectivity index (χ0) is 20.3. The molecule has 0 atom stereocenters. The Hall–Kier alpha value is -1.88. The lowest BCUT2D eigenvalue weighted by molar-refractivity contribution is 0.145. The standard InChI is InChI=1S/C21H32N6O2.HI/c1-3-29-15-5-12-22-21(24-16-17-7-9-18(28-2)10-8-17)23-13-11-20-26-25-19-6-4-14-27(19)20;/h7-10H,3-6,11-16H2,1-2H3,(H2,22,23,24);1H. The molecule has 0 bridgehead atoms. The molecule has 2 heterocycles. The van der Waals surface area contributed by atoms with Gasteiger partial charge in [-0.05, 0) is 37.5 Å². The topological polar surface area (TPSA) is 85.6 Å². The molecule has 0 amide bonds. The molecule has 2 N–H and O–H groups in total. The molecule has 0 radical (unpaired) electrons. The third kappa shape index (κ3) is 7.42. The van der Waals surface area contributed by atoms with Gasteiger partial charge in [0.15, 0.2) is 5.96 Å². The summed E-state index contributed by atoms with van der Waals surface area (Å²) in [5.41, 5.74) is 1.14. The average molecular weight is 528 g/mol. The molecular formula is C21H33IN6O2. The maximum absolute atomic E-state index is 5.41. The molecular weight excluding hydrogens is 495 g/mol. The van der Waals surface area contributed by atoms with E-state index in [9.17, 15) is 0 Å². The third-order valence-corrected chi connectivity index (χ3v) is 4.87. The monoisotopic (exact) mass is 528 g/mol. The summed E-state index contributed by atoms with van der Waals surface area (Å²) in [5.74, 6) is 3.82. The maximum Gasteiger partial charge on any atom is 0.191 e. The fourth-order valence-electron chi connectivity index (χ4n) is 3.29. The van der Waals surface area contributed by atoms with Gasteiger partial charge >= 0.3 is 0 Å². The van der Waals surface area contributed by atoms with Crippen LogP contribution >= 0.6 is 24.0 Å². The van der Waals surface area contributed by atoms with Crippen LogP contribution in [-0.2, 0) is 30.7 Å². The molecule has 0 fully saturated rings. The van der Waals surface area contributed by atoms with Crippen molar-refractivity contribution in [3.63, 3.8) is 0 Å². The van der Waals surface area contributed by atoms with Gasteiger partial charge in [0.2, 0.25) is 0 Å². The number of benzene rings is 1. The Morgan fingerprint density at radius 1 is 1.17 bits per heavy atom. The number of halogens is 1. The van der Waals surface area contributed by atoms with Crippen molar-refractivity contribution in [2.75, 3.05) is 33.4 Å². The highest BCUT2D eigenvalue weighted by atomic mass is 127. The number of aromatic nitrogens is 3. The first-order valence-electron chi connectivity index (χ1n) is 10.4. The molecule has 8 nitrogen and oxygen atoms in total. The van der Waals surface area contributed by atoms with Crippen molar-refractivity contribution in [3.05, 3.63) is 41.5 Å². The Morgan fingerprint density at radius 2 is 1.97 bits per heavy atom. The van der Waals surface area contributed by atoms with Crippen LogP contribution in [0.1, 0.15) is 37.0 Å². The van der Waals surface area contributed by atoms with Crippen LogP contribution in [0.3, 0.4) is 0 Å². The highest BCUT2D eigenvalue weighted by molar-refractivity contribution is 14.0. The predicted molar refractivity (Wildman–Crippen MR) is 129 cm³/mol. The molecule has 0 saturated heterocycles. The van der Waals surface area contributed by atoms with Gasteiger partial charge in [-0.15, -0.1) is 34.2 Å². The number of aliphatic imine (C=N–C) groups is 1. The van der Waals surface area contributed by atoms with Gasteiger partial charge in [0.25, 0.3) is 0 Å². The Bertz CT molecular complexity index is 778. The first kappa shape index (κ1) is 24.4. The lowest BCUT2D eigenvalue weighted by Crippen LogP contribution is -2.39. The van der Waals surface area contributed by atoms with E-state index in [1.54, 1.807) is 7.11 Å². The number of nitrogens with zero attached hydrogens (tertiary/aromatic N) is 4. The summed E-state index contributed by atoms with van der Waals surface area (Å²) >= 11 is 0. The summed E-state index contributed by atoms with van der Waals surface area (Å²) in [4.78, 5) is 4.73. The number of methoxy groups -OCH3 is 1. The minimum atomic E-state index is 0. The molecule has 30 heavy (non-hydrogen) atoms. The van der Waals surface area contributed by atoms with Crippen molar-refractivity contribution >= 4 is 29.9 Å². The predicted octanol–water partition coefficient (Wildman–Crippen LogP) is 2.56. The number of fused-ring (bicyclic) bond motifs is 1. The lowest BCUT2D eigenvalue weighted by Gasteiger charge is -2.13. The van der Waals surface area contributed by atoms with Crippen LogP contribution in [0.2, 0.25) is 0 Å². The molecule has 0 unspecified atom stereocenters. The van der Waals surface area contributed by atoms with Crippen molar-refractivity contribution in [2.24, 2.45) is 4.99 Å². The highest BCUT2D eigenvalue weighted by Crippen LogP contribution is 2.14. The van der Waals surface area contributed by atoms with E-state index < -0.39 is 0 Å². The van der Waals surface area contributed by atoms with E-state index in [2.05, 4.69) is 25.4 Å². The number of hydrogen-bond acceptors (Lipinski definition) is 5. The quantitative estimate of drug-likeness (QED) is 0.202. The second-order valence-corrected chi connectivity index (χ2v) is 6.95. The van der Waals surface area contributed by atoms with Gasteiger partial charge in [0.05, 0.1) is 13.7 Å². The van der Waals surface area contributed by atoms with Gasteiger partial charge in [0.1, 0.15) is 17.4 Å². The van der Waals surface area contributed by atoms with Gasteiger partial charge < -0.3 is 24.7 Å². The van der Waals surface area contributed by atoms with E-state index >= 15 is 0 Å². The largest absolute Gasteiger partial charge is 0.497 e. The summed E-state index contributed by atoms with van der Waals surface area (Å²) in [6, 6.07) is 7.99. The van der Waals surface area contributed by atoms with Crippen molar-refractivity contribution in [1.82, 2.24) is 25.4 Å². The number of guanidine groups is 1. The van der Waals surface area contributed by atoms with E-state index in [0.717, 1.165) is 81.0 Å². The smallest absolute Gasteiger partial charge is 0.191 e. The van der Waals surface area contributed by atoms with Crippen molar-refractivity contribution < 1.29 is 9.47 Å². The van der Waals surface area contributed by atoms with Gasteiger partial charge in [0, 0.05) is 45.7 Å². The molecule has 1 aromatic carbocycles. The number of ether oxygens (including phenoxy) is 2. The average Bonchev–Trinajstić information content (AvgIpc) is 3.36. The fourth-order valence-corrected chi connectivity index (χ4v) is 3.29. The highest BCUT2D eigenvalue weighted by Gasteiger charge is 2.16. The number of aryl methyl sites for hydroxylation is 1. The zero-order valence-corrected chi connectivity index (χ0v) is 20.2. The maximum atomic E-state index is 5.41. The van der Waals surface area contributed by atoms with Gasteiger partial charge in [-0.25, -0.2) is 4.99 Å². The summed E-state index contributed by atoms with van der Waals surface area (Å²) in [5, 5.41) is 15.4. The Balaban J connectivity index is 0.00000320. The number of nitrogens with one attached hydrogen (secondary N) is 2. The van der Waals surface area contributed by atoms with Gasteiger partial charge in [-0.1, -0.05) is 12.1 Å². The van der Waals surface area contributed by atoms with E-state index in [4.69, 9.17) is 14.5 Å². The lowest BCUT2D eigenvalue weighted by atomic mass is 10.2. The molecule has 9 heteroatoms. The third-order valence-electron chi connectivity index (χ3n) is 4.87. The van der Waals surface area contributed by atoms with Crippen LogP contribution in [0.5, 0.6) is 5.75 Å². The van der Waals surface area contributed by atoms with Crippen LogP contribution in [0.4, 0.5) is 0 Å². The van der Waals surface area contributed by atoms with Crippen LogP contribution in [0.15, 0.2) is 29.3 Å². The molecule has 0 saturated carbocycles. The molecule has 0 spiro atoms. The second-order valence-electron chi connectivity index (χ2n) is 6.95. The summed E-state index contributed by atoms with van der Waals surface area (Å²) in [6.45, 7) is 6.72. The van der Waals surface area contributed by atoms with Crippen molar-refractivity contribution in [2.45, 2.75) is 45.7 Å². The summed E-state index contributed by atoms with van der Waals surface area (Å²) in [6.07, 6.45) is 3.97. The van der Waals surface area contributed by atoms with Crippen LogP contribution in [-0.4, -0.2) is 54.1 Å². The van der Waals surface area contributed by atoms with E-state index in [0.29, 0.717) is 6.54 Å². The second kappa shape index (κ2) is 13.4. The summed E-state index contributed by atoms with van der Waals surface area (Å²) < 4.78 is 12.9. The van der Waals surface area contributed by atoms with E-state index in [1.807, 2.05) is 31.2 Å². The SMILES string of the molecule is CCOCCCNC(=NCc1ccc(OC)cc1)NCCc1nnc2n1CCC2.I. The minimum Gasteiger partial charge on any atom is -0.497 e. The molecule has 1 aliphatic heterocycles. The molecule has 3 rings (SSSR count). The Labute approximate surface area is 195 Å². The van der Waals surface area contributed by atoms with Crippen molar-refractivity contribution in [1.29, 1.82) is 0 Å². The van der Waals surface area contributed by atoms with Gasteiger partial charge in [-0.2, -0.15) is 0 Å². The van der Waals surface area contributed by atoms with Crippen LogP contribution in [0.25, 0.3) is 0 Å². The first-order valence-corrected chi connectivity index (χ1v) is 10.4. The molecule has 1 aliphatic rings. The number of hydrogen-bond donors (Lipinski definition) is 2.